The molecule has 132 valence electrons. The van der Waals surface area contributed by atoms with Crippen LogP contribution in [0.1, 0.15) is 31.5 Å². The third-order valence-electron chi connectivity index (χ3n) is 5.34. The van der Waals surface area contributed by atoms with Crippen LogP contribution in [-0.2, 0) is 9.53 Å². The van der Waals surface area contributed by atoms with Gasteiger partial charge in [-0.3, -0.25) is 4.79 Å². The maximum atomic E-state index is 12.9. The number of rotatable bonds is 3. The van der Waals surface area contributed by atoms with Crippen LogP contribution >= 0.6 is 15.9 Å². The predicted octanol–water partition coefficient (Wildman–Crippen LogP) is 3.58. The molecule has 1 aliphatic carbocycles. The second-order valence-corrected chi connectivity index (χ2v) is 7.85. The molecule has 1 saturated heterocycles. The van der Waals surface area contributed by atoms with Gasteiger partial charge in [-0.05, 0) is 37.5 Å². The van der Waals surface area contributed by atoms with Gasteiger partial charge in [0.25, 0.3) is 0 Å². The van der Waals surface area contributed by atoms with E-state index in [0.29, 0.717) is 19.8 Å². The monoisotopic (exact) mass is 403 g/mol. The van der Waals surface area contributed by atoms with Crippen LogP contribution in [0.5, 0.6) is 0 Å². The molecule has 0 radical (unpaired) electrons. The highest BCUT2D eigenvalue weighted by Gasteiger charge is 2.42. The highest BCUT2D eigenvalue weighted by Crippen LogP contribution is 2.43. The summed E-state index contributed by atoms with van der Waals surface area (Å²) < 4.78 is 6.51. The Bertz CT molecular complexity index is 758. The Morgan fingerprint density at radius 1 is 1.32 bits per heavy atom. The van der Waals surface area contributed by atoms with E-state index < -0.39 is 0 Å². The van der Waals surface area contributed by atoms with Crippen molar-refractivity contribution >= 4 is 21.8 Å². The summed E-state index contributed by atoms with van der Waals surface area (Å²) in [6, 6.07) is 8.31. The zero-order valence-electron chi connectivity index (χ0n) is 14.2. The van der Waals surface area contributed by atoms with E-state index in [0.717, 1.165) is 34.4 Å². The highest BCUT2D eigenvalue weighted by atomic mass is 79.9. The molecular weight excluding hydrogens is 382 g/mol. The van der Waals surface area contributed by atoms with Crippen LogP contribution in [0.2, 0.25) is 0 Å². The first-order valence-electron chi connectivity index (χ1n) is 8.82. The lowest BCUT2D eigenvalue weighted by molar-refractivity contribution is -0.147. The third-order valence-corrected chi connectivity index (χ3v) is 5.87. The van der Waals surface area contributed by atoms with Crippen molar-refractivity contribution in [3.8, 4) is 11.3 Å². The number of hydrogen-bond donors (Lipinski definition) is 1. The summed E-state index contributed by atoms with van der Waals surface area (Å²) in [6.07, 6.45) is 3.83. The van der Waals surface area contributed by atoms with Crippen LogP contribution < -0.4 is 0 Å². The average molecular weight is 404 g/mol. The van der Waals surface area contributed by atoms with Crippen molar-refractivity contribution in [2.45, 2.75) is 31.7 Å². The minimum Gasteiger partial charge on any atom is -0.377 e. The fraction of sp³-hybridized carbons (Fsp3) is 0.474. The molecule has 1 N–H and O–H groups in total. The molecular formula is C19H22BrN3O2. The van der Waals surface area contributed by atoms with Crippen LogP contribution in [0.4, 0.5) is 0 Å². The molecule has 1 aromatic carbocycles. The molecule has 2 aromatic rings. The van der Waals surface area contributed by atoms with Gasteiger partial charge in [-0.25, -0.2) is 4.98 Å². The van der Waals surface area contributed by atoms with E-state index in [2.05, 4.69) is 45.0 Å². The average Bonchev–Trinajstić information content (AvgIpc) is 3.04. The molecule has 4 rings (SSSR count). The van der Waals surface area contributed by atoms with Crippen LogP contribution in [0, 0.1) is 5.92 Å². The zero-order valence-corrected chi connectivity index (χ0v) is 15.8. The highest BCUT2D eigenvalue weighted by molar-refractivity contribution is 9.10. The number of carbonyl (C=O) groups is 1. The number of morpholine rings is 1. The molecule has 2 heterocycles. The predicted molar refractivity (Wildman–Crippen MR) is 99.2 cm³/mol. The van der Waals surface area contributed by atoms with Crippen LogP contribution in [-0.4, -0.2) is 46.6 Å². The Morgan fingerprint density at radius 3 is 2.80 bits per heavy atom. The molecule has 1 amide bonds. The van der Waals surface area contributed by atoms with Crippen molar-refractivity contribution in [1.82, 2.24) is 14.9 Å². The zero-order chi connectivity index (χ0) is 17.4. The lowest BCUT2D eigenvalue weighted by atomic mass is 9.72. The molecule has 3 atom stereocenters. The van der Waals surface area contributed by atoms with Crippen molar-refractivity contribution in [2.75, 3.05) is 19.8 Å². The molecule has 5 nitrogen and oxygen atoms in total. The number of hydrogen-bond acceptors (Lipinski definition) is 3. The molecule has 0 bridgehead atoms. The van der Waals surface area contributed by atoms with Gasteiger partial charge in [0.1, 0.15) is 5.82 Å². The number of halogens is 1. The lowest BCUT2D eigenvalue weighted by Gasteiger charge is -2.41. The number of ether oxygens (including phenoxy) is 1. The largest absolute Gasteiger partial charge is 0.377 e. The van der Waals surface area contributed by atoms with Gasteiger partial charge in [0.05, 0.1) is 31.1 Å². The number of aromatic amines is 1. The summed E-state index contributed by atoms with van der Waals surface area (Å²) >= 11 is 3.46. The molecule has 1 aliphatic heterocycles. The van der Waals surface area contributed by atoms with Crippen LogP contribution in [0.15, 0.2) is 34.9 Å². The molecule has 0 spiro atoms. The van der Waals surface area contributed by atoms with Gasteiger partial charge in [-0.15, -0.1) is 0 Å². The fourth-order valence-corrected chi connectivity index (χ4v) is 3.96. The van der Waals surface area contributed by atoms with Crippen molar-refractivity contribution in [1.29, 1.82) is 0 Å². The van der Waals surface area contributed by atoms with Crippen molar-refractivity contribution < 1.29 is 9.53 Å². The lowest BCUT2D eigenvalue weighted by Crippen LogP contribution is -2.52. The number of nitrogens with one attached hydrogen (secondary N) is 1. The summed E-state index contributed by atoms with van der Waals surface area (Å²) in [5.41, 5.74) is 2.10. The molecule has 2 aliphatic rings. The minimum absolute atomic E-state index is 0.0458. The summed E-state index contributed by atoms with van der Waals surface area (Å²) in [5.74, 6) is 1.44. The molecule has 0 unspecified atom stereocenters. The first kappa shape index (κ1) is 16.8. The van der Waals surface area contributed by atoms with Gasteiger partial charge in [-0.2, -0.15) is 0 Å². The van der Waals surface area contributed by atoms with E-state index in [9.17, 15) is 4.79 Å². The minimum atomic E-state index is 0.0458. The number of carbonyl (C=O) groups excluding carboxylic acids is 1. The number of benzene rings is 1. The van der Waals surface area contributed by atoms with E-state index in [4.69, 9.17) is 4.74 Å². The molecule has 2 fully saturated rings. The Morgan fingerprint density at radius 2 is 2.12 bits per heavy atom. The first-order valence-corrected chi connectivity index (χ1v) is 9.62. The quantitative estimate of drug-likeness (QED) is 0.851. The normalized spacial score (nSPS) is 26.3. The third kappa shape index (κ3) is 3.25. The maximum Gasteiger partial charge on any atom is 0.226 e. The van der Waals surface area contributed by atoms with Gasteiger partial charge in [0.15, 0.2) is 0 Å². The number of H-pyrrole nitrogens is 1. The number of aromatic nitrogens is 2. The van der Waals surface area contributed by atoms with E-state index in [1.54, 1.807) is 0 Å². The smallest absolute Gasteiger partial charge is 0.226 e. The summed E-state index contributed by atoms with van der Waals surface area (Å²) in [6.45, 7) is 4.04. The topological polar surface area (TPSA) is 58.2 Å². The molecule has 1 saturated carbocycles. The van der Waals surface area contributed by atoms with Gasteiger partial charge in [0.2, 0.25) is 5.91 Å². The van der Waals surface area contributed by atoms with Gasteiger partial charge < -0.3 is 14.6 Å². The van der Waals surface area contributed by atoms with E-state index in [1.807, 2.05) is 23.2 Å². The fourth-order valence-electron chi connectivity index (χ4n) is 3.69. The van der Waals surface area contributed by atoms with Gasteiger partial charge in [0, 0.05) is 22.9 Å². The Labute approximate surface area is 155 Å². The standard InChI is InChI=1S/C19H22BrN3O2/c1-12-11-25-9-8-23(12)19(24)16-7-6-15(16)18-21-10-17(22-18)13-2-4-14(20)5-3-13/h2-5,10,12,15-16H,6-9,11H2,1H3,(H,21,22)/t12-,15+,16+/m1/s1. The maximum absolute atomic E-state index is 12.9. The van der Waals surface area contributed by atoms with Crippen molar-refractivity contribution in [3.05, 3.63) is 40.8 Å². The second-order valence-electron chi connectivity index (χ2n) is 6.93. The summed E-state index contributed by atoms with van der Waals surface area (Å²) in [4.78, 5) is 22.9. The van der Waals surface area contributed by atoms with Crippen LogP contribution in [0.25, 0.3) is 11.3 Å². The molecule has 1 aromatic heterocycles. The Balaban J connectivity index is 1.49. The van der Waals surface area contributed by atoms with E-state index in [-0.39, 0.29) is 23.8 Å². The molecule has 6 heteroatoms. The summed E-state index contributed by atoms with van der Waals surface area (Å²) in [5, 5.41) is 0. The molecule has 25 heavy (non-hydrogen) atoms. The second kappa shape index (κ2) is 6.92. The van der Waals surface area contributed by atoms with E-state index >= 15 is 0 Å². The Hall–Kier alpha value is -1.66. The Kier molecular flexibility index (Phi) is 4.65. The number of amides is 1. The summed E-state index contributed by atoms with van der Waals surface area (Å²) in [7, 11) is 0. The SMILES string of the molecule is C[C@@H]1COCCN1C(=O)[C@H]1CC[C@@H]1c1ncc(-c2ccc(Br)cc2)[nH]1. The van der Waals surface area contributed by atoms with E-state index in [1.165, 1.54) is 0 Å². The number of imidazole rings is 1. The van der Waals surface area contributed by atoms with Gasteiger partial charge >= 0.3 is 0 Å². The van der Waals surface area contributed by atoms with Crippen LogP contribution in [0.3, 0.4) is 0 Å². The van der Waals surface area contributed by atoms with Crippen molar-refractivity contribution in [2.24, 2.45) is 5.92 Å². The van der Waals surface area contributed by atoms with Gasteiger partial charge in [-0.1, -0.05) is 28.1 Å². The first-order chi connectivity index (χ1) is 12.1. The van der Waals surface area contributed by atoms with Crippen molar-refractivity contribution in [3.63, 3.8) is 0 Å². The number of nitrogens with zero attached hydrogens (tertiary/aromatic N) is 2.